The lowest BCUT2D eigenvalue weighted by Gasteiger charge is -2.28. The number of ether oxygens (including phenoxy) is 2. The molecule has 0 bridgehead atoms. The highest BCUT2D eigenvalue weighted by Crippen LogP contribution is 2.23. The molecule has 0 radical (unpaired) electrons. The zero-order valence-electron chi connectivity index (χ0n) is 16.3. The van der Waals surface area contributed by atoms with Crippen LogP contribution < -0.4 is 0 Å². The van der Waals surface area contributed by atoms with Crippen molar-refractivity contribution in [1.82, 2.24) is 0 Å². The Balaban J connectivity index is 4.70. The zero-order chi connectivity index (χ0) is 21.8. The third-order valence-electron chi connectivity index (χ3n) is 4.08. The number of rotatable bonds is 15. The molecular weight excluding hydrogens is 408 g/mol. The Morgan fingerprint density at radius 3 is 1.36 bits per heavy atom. The Morgan fingerprint density at radius 1 is 0.786 bits per heavy atom. The highest BCUT2D eigenvalue weighted by molar-refractivity contribution is 7.80. The van der Waals surface area contributed by atoms with Crippen LogP contribution in [0.25, 0.3) is 0 Å². The fourth-order valence-corrected chi connectivity index (χ4v) is 3.02. The Kier molecular flexibility index (Phi) is 12.3. The van der Waals surface area contributed by atoms with E-state index in [2.05, 4.69) is 0 Å². The quantitative estimate of drug-likeness (QED) is 0.223. The number of carboxylic acids is 2. The molecule has 0 spiro atoms. The van der Waals surface area contributed by atoms with Gasteiger partial charge in [-0.3, -0.25) is 9.59 Å². The summed E-state index contributed by atoms with van der Waals surface area (Å²) < 4.78 is 10.5. The number of hydrogen-bond acceptors (Lipinski definition) is 8. The predicted octanol–water partition coefficient (Wildman–Crippen LogP) is 2.47. The summed E-state index contributed by atoms with van der Waals surface area (Å²) in [4.78, 5) is 22.0. The molecule has 0 aromatic heterocycles. The number of hydrogen-bond donors (Lipinski definition) is 4. The summed E-state index contributed by atoms with van der Waals surface area (Å²) in [5, 5.41) is 38.5. The van der Waals surface area contributed by atoms with Crippen molar-refractivity contribution < 1.29 is 39.5 Å². The molecule has 0 amide bonds. The lowest BCUT2D eigenvalue weighted by atomic mass is 9.94. The van der Waals surface area contributed by atoms with Crippen molar-refractivity contribution in [2.24, 2.45) is 0 Å². The molecule has 0 aliphatic carbocycles. The number of aliphatic carboxylic acids is 2. The second-order valence-electron chi connectivity index (χ2n) is 6.68. The van der Waals surface area contributed by atoms with Crippen LogP contribution in [0.5, 0.6) is 0 Å². The third kappa shape index (κ3) is 9.72. The Bertz CT molecular complexity index is 506. The van der Waals surface area contributed by atoms with Gasteiger partial charge < -0.3 is 29.9 Å². The monoisotopic (exact) mass is 438 g/mol. The number of carbonyl (C=O) groups is 2. The molecule has 162 valence electrons. The van der Waals surface area contributed by atoms with Crippen LogP contribution in [0.2, 0.25) is 0 Å². The lowest BCUT2D eigenvalue weighted by Crippen LogP contribution is -2.43. The van der Waals surface area contributed by atoms with Crippen molar-refractivity contribution in [3.8, 4) is 0 Å². The van der Waals surface area contributed by atoms with Crippen molar-refractivity contribution in [3.05, 3.63) is 0 Å². The normalized spacial score (nSPS) is 15.1. The maximum Gasteiger partial charge on any atom is 0.306 e. The Morgan fingerprint density at radius 2 is 1.11 bits per heavy atom. The van der Waals surface area contributed by atoms with E-state index in [0.717, 1.165) is 12.8 Å². The molecule has 0 rings (SSSR count). The summed E-state index contributed by atoms with van der Waals surface area (Å²) in [5.41, 5.74) is -3.52. The van der Waals surface area contributed by atoms with Gasteiger partial charge in [0, 0.05) is 0 Å². The second kappa shape index (κ2) is 13.0. The van der Waals surface area contributed by atoms with Gasteiger partial charge >= 0.3 is 11.9 Å². The minimum Gasteiger partial charge on any atom is -0.481 e. The highest BCUT2D eigenvalue weighted by atomic mass is 32.1. The first-order valence-electron chi connectivity index (χ1n) is 9.23. The molecule has 28 heavy (non-hydrogen) atoms. The van der Waals surface area contributed by atoms with E-state index in [-0.39, 0.29) is 36.2 Å². The van der Waals surface area contributed by atoms with Gasteiger partial charge in [0.2, 0.25) is 0 Å². The third-order valence-corrected chi connectivity index (χ3v) is 5.08. The maximum atomic E-state index is 11.0. The van der Waals surface area contributed by atoms with Gasteiger partial charge in [0.05, 0.1) is 12.8 Å². The van der Waals surface area contributed by atoms with Gasteiger partial charge in [0.25, 0.3) is 0 Å². The van der Waals surface area contributed by atoms with Crippen LogP contribution in [0, 0.1) is 0 Å². The van der Waals surface area contributed by atoms with Crippen LogP contribution in [-0.2, 0) is 19.1 Å². The lowest BCUT2D eigenvalue weighted by molar-refractivity contribution is -0.142. The second-order valence-corrected chi connectivity index (χ2v) is 7.42. The van der Waals surface area contributed by atoms with E-state index in [0.29, 0.717) is 12.8 Å². The Hall–Kier alpha value is -1.36. The summed E-state index contributed by atoms with van der Waals surface area (Å²) in [6, 6.07) is 0. The van der Waals surface area contributed by atoms with Crippen LogP contribution in [0.4, 0.5) is 0 Å². The summed E-state index contributed by atoms with van der Waals surface area (Å²) in [6.07, 6.45) is 1.83. The molecule has 2 unspecified atom stereocenters. The SMILES string of the molecule is CCCCC(O)(CC(=O)O)C(=S)OCCOC(=S)C(O)(CCCC)CC(=O)O. The predicted molar refractivity (Wildman–Crippen MR) is 111 cm³/mol. The molecule has 8 nitrogen and oxygen atoms in total. The first-order chi connectivity index (χ1) is 13.0. The van der Waals surface area contributed by atoms with E-state index in [1.165, 1.54) is 0 Å². The van der Waals surface area contributed by atoms with Crippen LogP contribution in [0.1, 0.15) is 65.2 Å². The van der Waals surface area contributed by atoms with Gasteiger partial charge in [-0.15, -0.1) is 0 Å². The van der Waals surface area contributed by atoms with E-state index in [1.807, 2.05) is 13.8 Å². The number of aliphatic hydroxyl groups is 2. The standard InChI is InChI=1S/C18H30O8S2/c1-3-5-7-17(23,11-13(19)20)15(27)25-9-10-26-16(28)18(24,8-6-4-2)12-14(21)22/h23-24H,3-12H2,1-2H3,(H,19,20)(H,21,22). The Labute approximate surface area is 175 Å². The maximum absolute atomic E-state index is 11.0. The molecule has 0 heterocycles. The summed E-state index contributed by atoms with van der Waals surface area (Å²) in [7, 11) is 0. The summed E-state index contributed by atoms with van der Waals surface area (Å²) in [6.45, 7) is 3.53. The van der Waals surface area contributed by atoms with Crippen molar-refractivity contribution in [2.45, 2.75) is 76.4 Å². The van der Waals surface area contributed by atoms with Gasteiger partial charge in [-0.05, 0) is 37.3 Å². The van der Waals surface area contributed by atoms with Crippen LogP contribution >= 0.6 is 24.4 Å². The molecule has 4 N–H and O–H groups in total. The van der Waals surface area contributed by atoms with Crippen LogP contribution in [0.15, 0.2) is 0 Å². The van der Waals surface area contributed by atoms with Crippen molar-refractivity contribution in [1.29, 1.82) is 0 Å². The van der Waals surface area contributed by atoms with E-state index in [4.69, 9.17) is 44.1 Å². The van der Waals surface area contributed by atoms with E-state index in [9.17, 15) is 19.8 Å². The van der Waals surface area contributed by atoms with Crippen LogP contribution in [0.3, 0.4) is 0 Å². The minimum absolute atomic E-state index is 0.135. The van der Waals surface area contributed by atoms with Crippen molar-refractivity contribution >= 4 is 46.5 Å². The largest absolute Gasteiger partial charge is 0.481 e. The van der Waals surface area contributed by atoms with Gasteiger partial charge in [-0.25, -0.2) is 0 Å². The average Bonchev–Trinajstić information content (AvgIpc) is 2.60. The molecule has 2 atom stereocenters. The molecule has 10 heteroatoms. The fourth-order valence-electron chi connectivity index (χ4n) is 2.50. The zero-order valence-corrected chi connectivity index (χ0v) is 17.9. The number of unbranched alkanes of at least 4 members (excludes halogenated alkanes) is 2. The molecule has 0 saturated heterocycles. The van der Waals surface area contributed by atoms with E-state index >= 15 is 0 Å². The minimum atomic E-state index is -1.76. The highest BCUT2D eigenvalue weighted by Gasteiger charge is 2.37. The molecule has 0 saturated carbocycles. The summed E-state index contributed by atoms with van der Waals surface area (Å²) >= 11 is 10.1. The molecule has 0 aromatic rings. The van der Waals surface area contributed by atoms with Gasteiger partial charge in [0.1, 0.15) is 24.4 Å². The molecule has 0 fully saturated rings. The first-order valence-corrected chi connectivity index (χ1v) is 10.0. The van der Waals surface area contributed by atoms with Crippen LogP contribution in [-0.4, -0.2) is 66.9 Å². The van der Waals surface area contributed by atoms with E-state index in [1.54, 1.807) is 0 Å². The molecule has 0 aliphatic rings. The smallest absolute Gasteiger partial charge is 0.306 e. The topological polar surface area (TPSA) is 134 Å². The van der Waals surface area contributed by atoms with Gasteiger partial charge in [-0.1, -0.05) is 39.5 Å². The summed E-state index contributed by atoms with van der Waals surface area (Å²) in [5.74, 6) is -2.40. The first kappa shape index (κ1) is 26.6. The fraction of sp³-hybridized carbons (Fsp3) is 0.778. The number of carboxylic acid groups (broad SMARTS) is 2. The van der Waals surface area contributed by atoms with E-state index < -0.39 is 36.0 Å². The average molecular weight is 439 g/mol. The van der Waals surface area contributed by atoms with Gasteiger partial charge in [-0.2, -0.15) is 0 Å². The molecule has 0 aromatic carbocycles. The molecular formula is C18H30O8S2. The van der Waals surface area contributed by atoms with Crippen molar-refractivity contribution in [2.75, 3.05) is 13.2 Å². The van der Waals surface area contributed by atoms with Gasteiger partial charge in [0.15, 0.2) is 10.1 Å². The molecule has 0 aliphatic heterocycles. The number of thiocarbonyl (C=S) groups is 2. The van der Waals surface area contributed by atoms with Crippen molar-refractivity contribution in [3.63, 3.8) is 0 Å².